The lowest BCUT2D eigenvalue weighted by Crippen LogP contribution is -2.33. The summed E-state index contributed by atoms with van der Waals surface area (Å²) in [4.78, 5) is 40.9. The molecule has 1 N–H and O–H groups in total. The molecule has 0 spiro atoms. The van der Waals surface area contributed by atoms with Crippen molar-refractivity contribution in [3.8, 4) is 6.07 Å². The maximum atomic E-state index is 13.1. The first-order valence-electron chi connectivity index (χ1n) is 10.7. The maximum absolute atomic E-state index is 13.1. The fourth-order valence-electron chi connectivity index (χ4n) is 3.97. The van der Waals surface area contributed by atoms with E-state index in [1.165, 1.54) is 4.90 Å². The minimum Gasteiger partial charge on any atom is -0.481 e. The molecule has 32 heavy (non-hydrogen) atoms. The molecule has 2 aliphatic heterocycles. The fourth-order valence-corrected chi connectivity index (χ4v) is 5.26. The Morgan fingerprint density at radius 1 is 1.28 bits per heavy atom. The SMILES string of the molecule is CCCCn1c(N2CCCC2)c(/C=C2/SC(=S)N(CCC(=O)O)C2=O)c(C)c(C#N)c1=O. The van der Waals surface area contributed by atoms with Crippen molar-refractivity contribution < 1.29 is 14.7 Å². The molecule has 8 nitrogen and oxygen atoms in total. The van der Waals surface area contributed by atoms with Gasteiger partial charge in [0, 0.05) is 31.7 Å². The summed E-state index contributed by atoms with van der Waals surface area (Å²) in [5, 5.41) is 18.6. The van der Waals surface area contributed by atoms with Crippen molar-refractivity contribution in [2.75, 3.05) is 24.5 Å². The van der Waals surface area contributed by atoms with Gasteiger partial charge in [-0.2, -0.15) is 5.26 Å². The van der Waals surface area contributed by atoms with E-state index in [1.807, 2.05) is 6.92 Å². The monoisotopic (exact) mass is 474 g/mol. The van der Waals surface area contributed by atoms with Crippen LogP contribution >= 0.6 is 24.0 Å². The predicted molar refractivity (Wildman–Crippen MR) is 129 cm³/mol. The molecule has 2 fully saturated rings. The van der Waals surface area contributed by atoms with E-state index in [4.69, 9.17) is 17.3 Å². The molecule has 0 unspecified atom stereocenters. The van der Waals surface area contributed by atoms with Crippen molar-refractivity contribution in [3.63, 3.8) is 0 Å². The fraction of sp³-hybridized carbons (Fsp3) is 0.500. The van der Waals surface area contributed by atoms with Gasteiger partial charge in [0.05, 0.1) is 11.3 Å². The van der Waals surface area contributed by atoms with Gasteiger partial charge in [0.25, 0.3) is 11.5 Å². The molecule has 3 heterocycles. The maximum Gasteiger partial charge on any atom is 0.305 e. The number of hydrogen-bond donors (Lipinski definition) is 1. The van der Waals surface area contributed by atoms with E-state index in [1.54, 1.807) is 17.6 Å². The van der Waals surface area contributed by atoms with Crippen molar-refractivity contribution >= 4 is 52.1 Å². The van der Waals surface area contributed by atoms with Crippen molar-refractivity contribution in [3.05, 3.63) is 31.9 Å². The van der Waals surface area contributed by atoms with Crippen LogP contribution in [0, 0.1) is 18.3 Å². The number of thioether (sulfide) groups is 1. The number of aromatic nitrogens is 1. The third kappa shape index (κ3) is 4.74. The Morgan fingerprint density at radius 2 is 1.97 bits per heavy atom. The van der Waals surface area contributed by atoms with Crippen LogP contribution in [0.1, 0.15) is 55.7 Å². The zero-order valence-corrected chi connectivity index (χ0v) is 19.9. The van der Waals surface area contributed by atoms with Crippen LogP contribution in [-0.2, 0) is 16.1 Å². The quantitative estimate of drug-likeness (QED) is 0.452. The molecule has 1 amide bonds. The van der Waals surface area contributed by atoms with E-state index >= 15 is 0 Å². The molecule has 0 aliphatic carbocycles. The van der Waals surface area contributed by atoms with Gasteiger partial charge in [-0.3, -0.25) is 23.9 Å². The summed E-state index contributed by atoms with van der Waals surface area (Å²) >= 11 is 6.42. The molecule has 0 radical (unpaired) electrons. The lowest BCUT2D eigenvalue weighted by molar-refractivity contribution is -0.137. The van der Waals surface area contributed by atoms with Crippen LogP contribution in [0.2, 0.25) is 0 Å². The van der Waals surface area contributed by atoms with Gasteiger partial charge in [-0.1, -0.05) is 37.3 Å². The van der Waals surface area contributed by atoms with Crippen molar-refractivity contribution in [1.29, 1.82) is 5.26 Å². The standard InChI is InChI=1S/C22H26N4O4S2/c1-3-4-10-25-19(24-8-5-6-9-24)15(14(2)16(13-23)20(25)29)12-17-21(30)26(22(31)32-17)11-7-18(27)28/h12H,3-11H2,1-2H3,(H,27,28)/b17-12+. The average molecular weight is 475 g/mol. The second kappa shape index (κ2) is 10.3. The number of carboxylic acids is 1. The number of rotatable bonds is 8. The Morgan fingerprint density at radius 3 is 2.56 bits per heavy atom. The van der Waals surface area contributed by atoms with Gasteiger partial charge >= 0.3 is 5.97 Å². The number of carboxylic acid groups (broad SMARTS) is 1. The van der Waals surface area contributed by atoms with Crippen LogP contribution < -0.4 is 10.5 Å². The van der Waals surface area contributed by atoms with E-state index in [-0.39, 0.29) is 30.0 Å². The van der Waals surface area contributed by atoms with E-state index in [0.29, 0.717) is 26.9 Å². The van der Waals surface area contributed by atoms with Gasteiger partial charge in [0.15, 0.2) is 0 Å². The largest absolute Gasteiger partial charge is 0.481 e. The smallest absolute Gasteiger partial charge is 0.305 e. The third-order valence-corrected chi connectivity index (χ3v) is 7.06. The predicted octanol–water partition coefficient (Wildman–Crippen LogP) is 3.10. The minimum absolute atomic E-state index is 0.00868. The van der Waals surface area contributed by atoms with Gasteiger partial charge < -0.3 is 10.0 Å². The number of pyridine rings is 1. The Bertz CT molecular complexity index is 1080. The van der Waals surface area contributed by atoms with E-state index in [2.05, 4.69) is 11.0 Å². The van der Waals surface area contributed by atoms with Crippen LogP contribution in [0.5, 0.6) is 0 Å². The Balaban J connectivity index is 2.15. The highest BCUT2D eigenvalue weighted by Gasteiger charge is 2.33. The summed E-state index contributed by atoms with van der Waals surface area (Å²) in [5.74, 6) is -0.608. The number of anilines is 1. The zero-order valence-electron chi connectivity index (χ0n) is 18.2. The van der Waals surface area contributed by atoms with Gasteiger partial charge in [0.2, 0.25) is 0 Å². The summed E-state index contributed by atoms with van der Waals surface area (Å²) in [6.07, 6.45) is 5.24. The summed E-state index contributed by atoms with van der Waals surface area (Å²) in [5.41, 5.74) is 1.00. The van der Waals surface area contributed by atoms with Crippen molar-refractivity contribution in [2.45, 2.75) is 52.5 Å². The molecular formula is C22H26N4O4S2. The minimum atomic E-state index is -1.00. The molecule has 0 atom stereocenters. The Labute approximate surface area is 196 Å². The van der Waals surface area contributed by atoms with E-state index in [9.17, 15) is 19.6 Å². The number of unbranched alkanes of at least 4 members (excludes halogenated alkanes) is 1. The summed E-state index contributed by atoms with van der Waals surface area (Å²) in [6.45, 7) is 5.89. The molecular weight excluding hydrogens is 448 g/mol. The second-order valence-electron chi connectivity index (χ2n) is 7.83. The molecule has 170 valence electrons. The number of carbonyl (C=O) groups is 2. The van der Waals surface area contributed by atoms with Crippen LogP contribution in [-0.4, -0.2) is 50.4 Å². The number of hydrogen-bond acceptors (Lipinski definition) is 7. The van der Waals surface area contributed by atoms with E-state index < -0.39 is 5.97 Å². The molecule has 0 saturated carbocycles. The summed E-state index contributed by atoms with van der Waals surface area (Å²) < 4.78 is 1.99. The second-order valence-corrected chi connectivity index (χ2v) is 9.51. The molecule has 1 aromatic heterocycles. The summed E-state index contributed by atoms with van der Waals surface area (Å²) in [7, 11) is 0. The number of amides is 1. The normalized spacial score (nSPS) is 17.5. The van der Waals surface area contributed by atoms with Crippen LogP contribution in [0.25, 0.3) is 6.08 Å². The summed E-state index contributed by atoms with van der Waals surface area (Å²) in [6, 6.07) is 2.05. The topological polar surface area (TPSA) is 107 Å². The lowest BCUT2D eigenvalue weighted by atomic mass is 10.0. The molecule has 3 rings (SSSR count). The van der Waals surface area contributed by atoms with E-state index in [0.717, 1.165) is 56.4 Å². The molecule has 2 aliphatic rings. The van der Waals surface area contributed by atoms with Gasteiger partial charge in [0.1, 0.15) is 21.8 Å². The molecule has 1 aromatic rings. The number of nitriles is 1. The number of carbonyl (C=O) groups excluding carboxylic acids is 1. The molecule has 2 saturated heterocycles. The Hall–Kier alpha value is -2.64. The van der Waals surface area contributed by atoms with Gasteiger partial charge in [-0.25, -0.2) is 0 Å². The average Bonchev–Trinajstić information content (AvgIpc) is 3.36. The number of nitrogens with zero attached hydrogens (tertiary/aromatic N) is 4. The lowest BCUT2D eigenvalue weighted by Gasteiger charge is -2.27. The zero-order chi connectivity index (χ0) is 23.4. The van der Waals surface area contributed by atoms with Crippen LogP contribution in [0.3, 0.4) is 0 Å². The Kier molecular flexibility index (Phi) is 7.74. The first kappa shape index (κ1) is 24.0. The first-order chi connectivity index (χ1) is 15.3. The van der Waals surface area contributed by atoms with Crippen molar-refractivity contribution in [2.24, 2.45) is 0 Å². The number of aliphatic carboxylic acids is 1. The number of thiocarbonyl (C=S) groups is 1. The first-order valence-corrected chi connectivity index (χ1v) is 11.9. The third-order valence-electron chi connectivity index (χ3n) is 5.69. The van der Waals surface area contributed by atoms with Gasteiger partial charge in [-0.05, 0) is 37.8 Å². The highest BCUT2D eigenvalue weighted by atomic mass is 32.2. The highest BCUT2D eigenvalue weighted by Crippen LogP contribution is 2.36. The van der Waals surface area contributed by atoms with Crippen LogP contribution in [0.4, 0.5) is 5.82 Å². The van der Waals surface area contributed by atoms with Gasteiger partial charge in [-0.15, -0.1) is 0 Å². The van der Waals surface area contributed by atoms with Crippen molar-refractivity contribution in [1.82, 2.24) is 9.47 Å². The van der Waals surface area contributed by atoms with Crippen LogP contribution in [0.15, 0.2) is 9.70 Å². The molecule has 10 heteroatoms. The highest BCUT2D eigenvalue weighted by molar-refractivity contribution is 8.26. The molecule has 0 aromatic carbocycles. The molecule has 0 bridgehead atoms.